The fraction of sp³-hybridized carbons (Fsp3) is 0.750. The molecule has 1 aliphatic heterocycles. The zero-order valence-corrected chi connectivity index (χ0v) is 12.6. The minimum atomic E-state index is -3.15. The Balaban J connectivity index is 2.35. The molecule has 0 aliphatic carbocycles. The molecule has 6 nitrogen and oxygen atoms in total. The Morgan fingerprint density at radius 1 is 1.26 bits per heavy atom. The summed E-state index contributed by atoms with van der Waals surface area (Å²) in [6.45, 7) is 6.97. The van der Waals surface area contributed by atoms with E-state index in [1.54, 1.807) is 13.8 Å². The van der Waals surface area contributed by atoms with Crippen LogP contribution in [-0.4, -0.2) is 38.6 Å². The summed E-state index contributed by atoms with van der Waals surface area (Å²) in [5, 5.41) is 2.74. The van der Waals surface area contributed by atoms with Crippen LogP contribution in [-0.2, 0) is 23.1 Å². The van der Waals surface area contributed by atoms with Crippen LogP contribution in [0.25, 0.3) is 0 Å². The van der Waals surface area contributed by atoms with E-state index in [2.05, 4.69) is 5.32 Å². The maximum Gasteiger partial charge on any atom is 0.356 e. The third-order valence-electron chi connectivity index (χ3n) is 2.70. The molecule has 0 aromatic heterocycles. The molecule has 0 radical (unpaired) electrons. The van der Waals surface area contributed by atoms with Gasteiger partial charge in [0.15, 0.2) is 0 Å². The van der Waals surface area contributed by atoms with E-state index in [4.69, 9.17) is 13.8 Å². The summed E-state index contributed by atoms with van der Waals surface area (Å²) in [5.74, 6) is -0.0427. The molecule has 1 rings (SSSR count). The number of amides is 1. The summed E-state index contributed by atoms with van der Waals surface area (Å²) in [5.41, 5.74) is 1.79. The highest BCUT2D eigenvalue weighted by Crippen LogP contribution is 2.47. The Bertz CT molecular complexity index is 384. The van der Waals surface area contributed by atoms with Gasteiger partial charge in [-0.1, -0.05) is 0 Å². The van der Waals surface area contributed by atoms with Gasteiger partial charge in [0, 0.05) is 18.5 Å². The van der Waals surface area contributed by atoms with Crippen LogP contribution >= 0.6 is 7.60 Å². The molecule has 1 aliphatic rings. The van der Waals surface area contributed by atoms with Gasteiger partial charge in [0.05, 0.1) is 19.8 Å². The first-order valence-electron chi connectivity index (χ1n) is 6.45. The van der Waals surface area contributed by atoms with Gasteiger partial charge < -0.3 is 19.1 Å². The van der Waals surface area contributed by atoms with E-state index in [1.165, 1.54) is 0 Å². The number of nitrogens with one attached hydrogen (secondary N) is 1. The van der Waals surface area contributed by atoms with Crippen LogP contribution in [0.3, 0.4) is 0 Å². The van der Waals surface area contributed by atoms with E-state index in [-0.39, 0.29) is 12.3 Å². The van der Waals surface area contributed by atoms with Gasteiger partial charge in [0.2, 0.25) is 5.91 Å². The molecule has 0 saturated carbocycles. The van der Waals surface area contributed by atoms with Crippen LogP contribution in [0.2, 0.25) is 0 Å². The van der Waals surface area contributed by atoms with Crippen LogP contribution in [0, 0.1) is 0 Å². The third-order valence-corrected chi connectivity index (χ3v) is 4.50. The summed E-state index contributed by atoms with van der Waals surface area (Å²) in [6.07, 6.45) is 0.429. The van der Waals surface area contributed by atoms with Gasteiger partial charge in [-0.15, -0.1) is 0 Å². The van der Waals surface area contributed by atoms with Crippen molar-refractivity contribution in [3.05, 3.63) is 11.1 Å². The normalized spacial score (nSPS) is 16.1. The van der Waals surface area contributed by atoms with E-state index >= 15 is 0 Å². The summed E-state index contributed by atoms with van der Waals surface area (Å²) in [7, 11) is -3.15. The number of hydrogen-bond donors (Lipinski definition) is 1. The first-order chi connectivity index (χ1) is 9.02. The molecule has 0 fully saturated rings. The van der Waals surface area contributed by atoms with Crippen LogP contribution < -0.4 is 5.32 Å². The first kappa shape index (κ1) is 16.4. The van der Waals surface area contributed by atoms with Crippen molar-refractivity contribution in [1.29, 1.82) is 0 Å². The highest BCUT2D eigenvalue weighted by molar-refractivity contribution is 7.53. The lowest BCUT2D eigenvalue weighted by Crippen LogP contribution is -2.18. The summed E-state index contributed by atoms with van der Waals surface area (Å²) in [6, 6.07) is 0. The molecule has 1 amide bonds. The number of ether oxygens (including phenoxy) is 1. The Kier molecular flexibility index (Phi) is 6.72. The maximum atomic E-state index is 12.1. The number of rotatable bonds is 9. The fourth-order valence-electron chi connectivity index (χ4n) is 1.80. The van der Waals surface area contributed by atoms with Crippen molar-refractivity contribution in [3.63, 3.8) is 0 Å². The molecule has 0 bridgehead atoms. The fourth-order valence-corrected chi connectivity index (χ4v) is 3.17. The van der Waals surface area contributed by atoms with Crippen LogP contribution in [0.4, 0.5) is 0 Å². The molecule has 0 atom stereocenters. The van der Waals surface area contributed by atoms with Crippen molar-refractivity contribution in [1.82, 2.24) is 5.32 Å². The zero-order chi connectivity index (χ0) is 14.3. The lowest BCUT2D eigenvalue weighted by Gasteiger charge is -2.16. The number of carbonyl (C=O) groups is 1. The van der Waals surface area contributed by atoms with Crippen LogP contribution in [0.1, 0.15) is 27.2 Å². The third kappa shape index (κ3) is 5.07. The van der Waals surface area contributed by atoms with Crippen LogP contribution in [0.15, 0.2) is 11.1 Å². The molecule has 0 unspecified atom stereocenters. The van der Waals surface area contributed by atoms with Gasteiger partial charge >= 0.3 is 7.60 Å². The monoisotopic (exact) mass is 291 g/mol. The molecule has 0 aromatic rings. The van der Waals surface area contributed by atoms with E-state index in [1.807, 2.05) is 6.92 Å². The minimum absolute atomic E-state index is 0.0427. The summed E-state index contributed by atoms with van der Waals surface area (Å²) < 4.78 is 27.6. The van der Waals surface area contributed by atoms with Gasteiger partial charge in [0.25, 0.3) is 0 Å². The van der Waals surface area contributed by atoms with Crippen molar-refractivity contribution >= 4 is 13.5 Å². The lowest BCUT2D eigenvalue weighted by atomic mass is 10.1. The van der Waals surface area contributed by atoms with Crippen molar-refractivity contribution in [2.75, 3.05) is 32.7 Å². The Morgan fingerprint density at radius 2 is 1.89 bits per heavy atom. The molecule has 1 N–H and O–H groups in total. The SMILES string of the molecule is CCOP(=O)(COCCC1=C(C)CNC1=O)OCC. The van der Waals surface area contributed by atoms with Gasteiger partial charge in [-0.3, -0.25) is 9.36 Å². The molecule has 0 aromatic carbocycles. The average molecular weight is 291 g/mol. The van der Waals surface area contributed by atoms with E-state index in [9.17, 15) is 9.36 Å². The Hall–Kier alpha value is -0.680. The quantitative estimate of drug-likeness (QED) is 0.520. The molecule has 1 heterocycles. The number of hydrogen-bond acceptors (Lipinski definition) is 5. The summed E-state index contributed by atoms with van der Waals surface area (Å²) in [4.78, 5) is 11.5. The zero-order valence-electron chi connectivity index (χ0n) is 11.7. The van der Waals surface area contributed by atoms with Crippen molar-refractivity contribution in [2.45, 2.75) is 27.2 Å². The highest BCUT2D eigenvalue weighted by atomic mass is 31.2. The largest absolute Gasteiger partial charge is 0.368 e. The first-order valence-corrected chi connectivity index (χ1v) is 8.18. The second-order valence-corrected chi connectivity index (χ2v) is 6.17. The molecular formula is C12H22NO5P. The van der Waals surface area contributed by atoms with Gasteiger partial charge in [0.1, 0.15) is 6.35 Å². The van der Waals surface area contributed by atoms with E-state index in [0.717, 1.165) is 11.1 Å². The highest BCUT2D eigenvalue weighted by Gasteiger charge is 2.24. The van der Waals surface area contributed by atoms with E-state index in [0.29, 0.717) is 32.8 Å². The second kappa shape index (κ2) is 7.80. The van der Waals surface area contributed by atoms with Gasteiger partial charge in [-0.25, -0.2) is 0 Å². The predicted octanol–water partition coefficient (Wildman–Crippen LogP) is 2.06. The second-order valence-electron chi connectivity index (χ2n) is 4.18. The van der Waals surface area contributed by atoms with Gasteiger partial charge in [-0.2, -0.15) is 0 Å². The maximum absolute atomic E-state index is 12.1. The van der Waals surface area contributed by atoms with Gasteiger partial charge in [-0.05, 0) is 26.3 Å². The van der Waals surface area contributed by atoms with Crippen molar-refractivity contribution in [2.24, 2.45) is 0 Å². The predicted molar refractivity (Wildman–Crippen MR) is 72.0 cm³/mol. The Labute approximate surface area is 114 Å². The molecule has 0 saturated heterocycles. The average Bonchev–Trinajstić information content (AvgIpc) is 2.66. The van der Waals surface area contributed by atoms with Crippen LogP contribution in [0.5, 0.6) is 0 Å². The smallest absolute Gasteiger partial charge is 0.356 e. The minimum Gasteiger partial charge on any atom is -0.368 e. The molecule has 0 spiro atoms. The topological polar surface area (TPSA) is 73.9 Å². The molecule has 7 heteroatoms. The summed E-state index contributed by atoms with van der Waals surface area (Å²) >= 11 is 0. The Morgan fingerprint density at radius 3 is 2.37 bits per heavy atom. The standard InChI is InChI=1S/C12H22NO5P/c1-4-17-19(15,18-5-2)9-16-7-6-11-10(3)8-13-12(11)14/h4-9H2,1-3H3,(H,13,14). The van der Waals surface area contributed by atoms with Crippen molar-refractivity contribution in [3.8, 4) is 0 Å². The van der Waals surface area contributed by atoms with Crippen molar-refractivity contribution < 1.29 is 23.1 Å². The molecule has 19 heavy (non-hydrogen) atoms. The molecule has 110 valence electrons. The number of carbonyl (C=O) groups excluding carboxylic acids is 1. The lowest BCUT2D eigenvalue weighted by molar-refractivity contribution is -0.116. The molecular weight excluding hydrogens is 269 g/mol. The van der Waals surface area contributed by atoms with E-state index < -0.39 is 7.60 Å².